The number of carbonyl (C=O) groups excluding carboxylic acids is 1. The topological polar surface area (TPSA) is 62.2 Å². The van der Waals surface area contributed by atoms with E-state index in [1.54, 1.807) is 6.20 Å². The Hall–Kier alpha value is -2.50. The van der Waals surface area contributed by atoms with Gasteiger partial charge in [0.25, 0.3) is 0 Å². The van der Waals surface area contributed by atoms with Gasteiger partial charge in [-0.05, 0) is 35.6 Å². The molecule has 1 aliphatic carbocycles. The Morgan fingerprint density at radius 2 is 2.12 bits per heavy atom. The van der Waals surface area contributed by atoms with Crippen LogP contribution in [0.1, 0.15) is 35.1 Å². The van der Waals surface area contributed by atoms with E-state index in [4.69, 9.17) is 0 Å². The molecular weight excluding hydrogens is 344 g/mol. The molecule has 5 heteroatoms. The monoisotopic (exact) mass is 364 g/mol. The summed E-state index contributed by atoms with van der Waals surface area (Å²) in [5.74, 6) is -0.0896. The van der Waals surface area contributed by atoms with Gasteiger partial charge in [-0.15, -0.1) is 11.3 Å². The van der Waals surface area contributed by atoms with Gasteiger partial charge >= 0.3 is 0 Å². The molecule has 26 heavy (non-hydrogen) atoms. The van der Waals surface area contributed by atoms with Crippen molar-refractivity contribution in [3.8, 4) is 0 Å². The van der Waals surface area contributed by atoms with E-state index in [0.29, 0.717) is 11.6 Å². The summed E-state index contributed by atoms with van der Waals surface area (Å²) in [5, 5.41) is 15.0. The van der Waals surface area contributed by atoms with Crippen LogP contribution in [0.15, 0.2) is 60.1 Å². The lowest BCUT2D eigenvalue weighted by atomic mass is 9.73. The number of aliphatic hydroxyl groups is 1. The molecule has 1 aromatic heterocycles. The highest BCUT2D eigenvalue weighted by atomic mass is 32.1. The number of amides is 1. The number of hydrogen-bond acceptors (Lipinski definition) is 4. The van der Waals surface area contributed by atoms with E-state index < -0.39 is 5.41 Å². The summed E-state index contributed by atoms with van der Waals surface area (Å²) < 4.78 is 0. The average Bonchev–Trinajstić information content (AvgIpc) is 3.27. The Morgan fingerprint density at radius 1 is 1.31 bits per heavy atom. The SMILES string of the molecule is C[C@]1(C(=O)Nc2nccs2)Cc2ccc(CO)cc2[C@H]1c1ccccc1. The van der Waals surface area contributed by atoms with Crippen molar-refractivity contribution in [3.05, 3.63) is 82.4 Å². The minimum Gasteiger partial charge on any atom is -0.392 e. The normalized spacial score (nSPS) is 21.4. The van der Waals surface area contributed by atoms with Gasteiger partial charge in [0.1, 0.15) is 0 Å². The molecule has 0 fully saturated rings. The highest BCUT2D eigenvalue weighted by molar-refractivity contribution is 7.13. The summed E-state index contributed by atoms with van der Waals surface area (Å²) in [4.78, 5) is 17.4. The minimum absolute atomic E-state index is 0.00316. The molecule has 1 heterocycles. The highest BCUT2D eigenvalue weighted by Gasteiger charge is 2.48. The van der Waals surface area contributed by atoms with Crippen LogP contribution >= 0.6 is 11.3 Å². The third-order valence-corrected chi connectivity index (χ3v) is 5.89. The molecule has 3 aromatic rings. The van der Waals surface area contributed by atoms with Gasteiger partial charge in [-0.3, -0.25) is 4.79 Å². The van der Waals surface area contributed by atoms with Crippen molar-refractivity contribution in [2.75, 3.05) is 5.32 Å². The van der Waals surface area contributed by atoms with Crippen LogP contribution in [-0.4, -0.2) is 16.0 Å². The van der Waals surface area contributed by atoms with E-state index in [0.717, 1.165) is 22.3 Å². The number of nitrogens with one attached hydrogen (secondary N) is 1. The number of benzene rings is 2. The summed E-state index contributed by atoms with van der Waals surface area (Å²) in [7, 11) is 0. The van der Waals surface area contributed by atoms with Crippen molar-refractivity contribution < 1.29 is 9.90 Å². The predicted octanol–water partition coefficient (Wildman–Crippen LogP) is 3.97. The third kappa shape index (κ3) is 2.83. The van der Waals surface area contributed by atoms with E-state index in [1.807, 2.05) is 48.7 Å². The molecule has 0 bridgehead atoms. The number of nitrogens with zero attached hydrogens (tertiary/aromatic N) is 1. The second-order valence-corrected chi connectivity index (χ2v) is 7.82. The Bertz CT molecular complexity index is 924. The number of aromatic nitrogens is 1. The zero-order valence-electron chi connectivity index (χ0n) is 14.5. The van der Waals surface area contributed by atoms with Crippen LogP contribution in [0.2, 0.25) is 0 Å². The van der Waals surface area contributed by atoms with Crippen molar-refractivity contribution in [3.63, 3.8) is 0 Å². The first-order valence-electron chi connectivity index (χ1n) is 8.60. The van der Waals surface area contributed by atoms with Crippen LogP contribution < -0.4 is 5.32 Å². The van der Waals surface area contributed by atoms with Crippen LogP contribution in [0.25, 0.3) is 0 Å². The molecular formula is C21H20N2O2S. The van der Waals surface area contributed by atoms with Gasteiger partial charge in [0.15, 0.2) is 5.13 Å². The Balaban J connectivity index is 1.79. The number of carbonyl (C=O) groups is 1. The second-order valence-electron chi connectivity index (χ2n) is 6.92. The molecule has 1 aliphatic rings. The molecule has 1 amide bonds. The summed E-state index contributed by atoms with van der Waals surface area (Å²) in [6.45, 7) is 2.02. The predicted molar refractivity (Wildman–Crippen MR) is 103 cm³/mol. The van der Waals surface area contributed by atoms with Crippen molar-refractivity contribution in [1.82, 2.24) is 4.98 Å². The van der Waals surface area contributed by atoms with Crippen LogP contribution in [-0.2, 0) is 17.8 Å². The van der Waals surface area contributed by atoms with Gasteiger partial charge in [0, 0.05) is 17.5 Å². The summed E-state index contributed by atoms with van der Waals surface area (Å²) in [6.07, 6.45) is 2.35. The van der Waals surface area contributed by atoms with Gasteiger partial charge in [-0.25, -0.2) is 4.98 Å². The number of rotatable bonds is 4. The van der Waals surface area contributed by atoms with E-state index in [9.17, 15) is 9.90 Å². The molecule has 0 saturated carbocycles. The van der Waals surface area contributed by atoms with E-state index in [-0.39, 0.29) is 18.4 Å². The maximum absolute atomic E-state index is 13.2. The first-order valence-corrected chi connectivity index (χ1v) is 9.48. The fraction of sp³-hybridized carbons (Fsp3) is 0.238. The van der Waals surface area contributed by atoms with Gasteiger partial charge in [-0.2, -0.15) is 0 Å². The molecule has 0 aliphatic heterocycles. The second kappa shape index (κ2) is 6.67. The Kier molecular flexibility index (Phi) is 4.34. The maximum atomic E-state index is 13.2. The lowest BCUT2D eigenvalue weighted by molar-refractivity contribution is -0.125. The number of anilines is 1. The molecule has 0 radical (unpaired) electrons. The van der Waals surface area contributed by atoms with Crippen molar-refractivity contribution >= 4 is 22.4 Å². The first-order chi connectivity index (χ1) is 12.6. The smallest absolute Gasteiger partial charge is 0.233 e. The minimum atomic E-state index is -0.622. The van der Waals surface area contributed by atoms with Gasteiger partial charge in [0.2, 0.25) is 5.91 Å². The van der Waals surface area contributed by atoms with Gasteiger partial charge in [0.05, 0.1) is 12.0 Å². The maximum Gasteiger partial charge on any atom is 0.233 e. The summed E-state index contributed by atoms with van der Waals surface area (Å²) in [5.41, 5.74) is 3.64. The van der Waals surface area contributed by atoms with Crippen LogP contribution in [0.5, 0.6) is 0 Å². The molecule has 0 spiro atoms. The molecule has 4 rings (SSSR count). The standard InChI is InChI=1S/C21H20N2O2S/c1-21(19(25)23-20-22-9-10-26-20)12-16-8-7-14(13-24)11-17(16)18(21)15-5-3-2-4-6-15/h2-11,18,24H,12-13H2,1H3,(H,22,23,25)/t18-,21+/m1/s1. The third-order valence-electron chi connectivity index (χ3n) is 5.20. The van der Waals surface area contributed by atoms with Gasteiger partial charge in [-0.1, -0.05) is 48.5 Å². The molecule has 132 valence electrons. The van der Waals surface area contributed by atoms with Gasteiger partial charge < -0.3 is 10.4 Å². The lowest BCUT2D eigenvalue weighted by Gasteiger charge is -2.31. The van der Waals surface area contributed by atoms with E-state index >= 15 is 0 Å². The first kappa shape index (κ1) is 16.9. The van der Waals surface area contributed by atoms with Crippen LogP contribution in [0, 0.1) is 5.41 Å². The molecule has 0 saturated heterocycles. The van der Waals surface area contributed by atoms with Crippen LogP contribution in [0.4, 0.5) is 5.13 Å². The molecule has 2 N–H and O–H groups in total. The summed E-state index contributed by atoms with van der Waals surface area (Å²) in [6, 6.07) is 16.1. The number of fused-ring (bicyclic) bond motifs is 1. The Labute approximate surface area is 156 Å². The quantitative estimate of drug-likeness (QED) is 0.736. The van der Waals surface area contributed by atoms with E-state index in [1.165, 1.54) is 11.3 Å². The lowest BCUT2D eigenvalue weighted by Crippen LogP contribution is -2.37. The number of thiazole rings is 1. The fourth-order valence-electron chi connectivity index (χ4n) is 3.94. The molecule has 4 nitrogen and oxygen atoms in total. The Morgan fingerprint density at radius 3 is 2.81 bits per heavy atom. The number of aliphatic hydroxyl groups excluding tert-OH is 1. The molecule has 2 atom stereocenters. The average molecular weight is 364 g/mol. The van der Waals surface area contributed by atoms with Crippen LogP contribution in [0.3, 0.4) is 0 Å². The zero-order chi connectivity index (χ0) is 18.1. The molecule has 0 unspecified atom stereocenters. The van der Waals surface area contributed by atoms with Crippen molar-refractivity contribution in [1.29, 1.82) is 0 Å². The highest BCUT2D eigenvalue weighted by Crippen LogP contribution is 2.51. The largest absolute Gasteiger partial charge is 0.392 e. The van der Waals surface area contributed by atoms with Crippen molar-refractivity contribution in [2.24, 2.45) is 5.41 Å². The summed E-state index contributed by atoms with van der Waals surface area (Å²) >= 11 is 1.42. The number of hydrogen-bond donors (Lipinski definition) is 2. The fourth-order valence-corrected chi connectivity index (χ4v) is 4.47. The van der Waals surface area contributed by atoms with Crippen molar-refractivity contribution in [2.45, 2.75) is 25.9 Å². The zero-order valence-corrected chi connectivity index (χ0v) is 15.3. The molecule has 2 aromatic carbocycles. The van der Waals surface area contributed by atoms with E-state index in [2.05, 4.69) is 22.4 Å².